The molecule has 5 heteroatoms. The smallest absolute Gasteiger partial charge is 0.279 e. The van der Waals surface area contributed by atoms with Crippen LogP contribution in [0.15, 0.2) is 28.2 Å². The maximum atomic E-state index is 9.37. The second-order valence-corrected chi connectivity index (χ2v) is 5.41. The van der Waals surface area contributed by atoms with Gasteiger partial charge < -0.3 is 9.84 Å². The summed E-state index contributed by atoms with van der Waals surface area (Å²) in [6.45, 7) is 1.89. The third-order valence-corrected chi connectivity index (χ3v) is 3.05. The molecule has 0 radical (unpaired) electrons. The van der Waals surface area contributed by atoms with Gasteiger partial charge in [-0.2, -0.15) is 0 Å². The highest BCUT2D eigenvalue weighted by Gasteiger charge is 2.04. The molecule has 1 aromatic heterocycles. The maximum absolute atomic E-state index is 9.37. The first-order valence-corrected chi connectivity index (χ1v) is 5.84. The lowest BCUT2D eigenvalue weighted by Crippen LogP contribution is -1.83. The second kappa shape index (κ2) is 4.20. The zero-order chi connectivity index (χ0) is 10.8. The summed E-state index contributed by atoms with van der Waals surface area (Å²) in [7, 11) is 0. The first kappa shape index (κ1) is 10.4. The van der Waals surface area contributed by atoms with Crippen LogP contribution in [0.3, 0.4) is 0 Å². The number of aromatic nitrogens is 1. The normalized spacial score (nSPS) is 10.3. The van der Waals surface area contributed by atoms with E-state index in [1.165, 1.54) is 11.3 Å². The van der Waals surface area contributed by atoms with Crippen molar-refractivity contribution in [1.82, 2.24) is 4.98 Å². The number of phenols is 1. The van der Waals surface area contributed by atoms with Crippen molar-refractivity contribution < 1.29 is 9.84 Å². The Morgan fingerprint density at radius 1 is 1.40 bits per heavy atom. The number of hydrogen-bond acceptors (Lipinski definition) is 4. The molecule has 0 unspecified atom stereocenters. The van der Waals surface area contributed by atoms with E-state index in [9.17, 15) is 5.11 Å². The minimum Gasteiger partial charge on any atom is -0.508 e. The Morgan fingerprint density at radius 3 is 2.80 bits per heavy atom. The fourth-order valence-electron chi connectivity index (χ4n) is 1.17. The molecule has 0 aliphatic rings. The largest absolute Gasteiger partial charge is 0.508 e. The van der Waals surface area contributed by atoms with Crippen molar-refractivity contribution >= 4 is 27.3 Å². The third-order valence-electron chi connectivity index (χ3n) is 1.70. The number of ether oxygens (including phenoxy) is 1. The molecule has 0 saturated carbocycles. The Kier molecular flexibility index (Phi) is 2.93. The number of phenolic OH excluding ortho intramolecular Hbond substituents is 1. The number of rotatable bonds is 2. The van der Waals surface area contributed by atoms with Crippen molar-refractivity contribution in [3.63, 3.8) is 0 Å². The minimum absolute atomic E-state index is 0.195. The Bertz CT molecular complexity index is 464. The van der Waals surface area contributed by atoms with Crippen LogP contribution in [0, 0.1) is 6.92 Å². The van der Waals surface area contributed by atoms with Crippen molar-refractivity contribution in [2.75, 3.05) is 0 Å². The van der Waals surface area contributed by atoms with Gasteiger partial charge in [-0.05, 0) is 40.5 Å². The first-order valence-electron chi connectivity index (χ1n) is 4.23. The number of thiazole rings is 1. The Labute approximate surface area is 99.5 Å². The van der Waals surface area contributed by atoms with Crippen LogP contribution >= 0.6 is 27.3 Å². The molecule has 0 saturated heterocycles. The number of hydrogen-bond donors (Lipinski definition) is 1. The molecule has 0 aliphatic heterocycles. The molecule has 0 amide bonds. The third kappa shape index (κ3) is 2.70. The van der Waals surface area contributed by atoms with Crippen molar-refractivity contribution in [2.45, 2.75) is 6.92 Å². The predicted octanol–water partition coefficient (Wildman–Crippen LogP) is 3.71. The average Bonchev–Trinajstić information content (AvgIpc) is 2.49. The standard InChI is InChI=1S/C10H8BrNO2S/c1-6-2-7(13)4-8(3-6)14-10-12-5-9(11)15-10/h2-5,13H,1H3. The van der Waals surface area contributed by atoms with E-state index in [0.29, 0.717) is 10.9 Å². The summed E-state index contributed by atoms with van der Waals surface area (Å²) in [5, 5.41) is 9.92. The molecule has 1 N–H and O–H groups in total. The van der Waals surface area contributed by atoms with Crippen LogP contribution in [0.1, 0.15) is 5.56 Å². The quantitative estimate of drug-likeness (QED) is 0.915. The van der Waals surface area contributed by atoms with E-state index in [1.54, 1.807) is 18.3 Å². The fraction of sp³-hybridized carbons (Fsp3) is 0.100. The van der Waals surface area contributed by atoms with E-state index in [1.807, 2.05) is 13.0 Å². The van der Waals surface area contributed by atoms with Crippen LogP contribution in [-0.4, -0.2) is 10.1 Å². The number of benzene rings is 1. The van der Waals surface area contributed by atoms with Gasteiger partial charge in [-0.3, -0.25) is 0 Å². The summed E-state index contributed by atoms with van der Waals surface area (Å²) in [6, 6.07) is 5.07. The summed E-state index contributed by atoms with van der Waals surface area (Å²) in [5.74, 6) is 0.787. The van der Waals surface area contributed by atoms with Crippen LogP contribution in [0.2, 0.25) is 0 Å². The van der Waals surface area contributed by atoms with Gasteiger partial charge in [0.05, 0.1) is 9.98 Å². The lowest BCUT2D eigenvalue weighted by Gasteiger charge is -2.03. The Balaban J connectivity index is 2.24. The topological polar surface area (TPSA) is 42.4 Å². The van der Waals surface area contributed by atoms with Crippen LogP contribution < -0.4 is 4.74 Å². The molecule has 0 spiro atoms. The zero-order valence-corrected chi connectivity index (χ0v) is 10.3. The SMILES string of the molecule is Cc1cc(O)cc(Oc2ncc(Br)s2)c1. The predicted molar refractivity (Wildman–Crippen MR) is 62.7 cm³/mol. The van der Waals surface area contributed by atoms with Gasteiger partial charge in [0.1, 0.15) is 11.5 Å². The molecule has 2 rings (SSSR count). The van der Waals surface area contributed by atoms with Gasteiger partial charge in [0.2, 0.25) is 0 Å². The molecular formula is C10H8BrNO2S. The second-order valence-electron chi connectivity index (χ2n) is 3.04. The van der Waals surface area contributed by atoms with E-state index in [4.69, 9.17) is 4.74 Å². The highest BCUT2D eigenvalue weighted by molar-refractivity contribution is 9.11. The number of nitrogens with zero attached hydrogens (tertiary/aromatic N) is 1. The van der Waals surface area contributed by atoms with E-state index in [2.05, 4.69) is 20.9 Å². The summed E-state index contributed by atoms with van der Waals surface area (Å²) < 4.78 is 6.39. The summed E-state index contributed by atoms with van der Waals surface area (Å²) in [4.78, 5) is 4.04. The van der Waals surface area contributed by atoms with Crippen LogP contribution in [0.4, 0.5) is 0 Å². The lowest BCUT2D eigenvalue weighted by molar-refractivity contribution is 0.453. The molecule has 78 valence electrons. The lowest BCUT2D eigenvalue weighted by atomic mass is 10.2. The molecule has 0 fully saturated rings. The number of halogens is 1. The fourth-order valence-corrected chi connectivity index (χ4v) is 2.21. The van der Waals surface area contributed by atoms with Gasteiger partial charge in [-0.25, -0.2) is 4.98 Å². The molecule has 3 nitrogen and oxygen atoms in total. The first-order chi connectivity index (χ1) is 7.13. The molecule has 0 atom stereocenters. The van der Waals surface area contributed by atoms with Gasteiger partial charge >= 0.3 is 0 Å². The van der Waals surface area contributed by atoms with Gasteiger partial charge in [0, 0.05) is 6.07 Å². The minimum atomic E-state index is 0.195. The van der Waals surface area contributed by atoms with Crippen LogP contribution in [-0.2, 0) is 0 Å². The highest BCUT2D eigenvalue weighted by atomic mass is 79.9. The Hall–Kier alpha value is -1.07. The molecule has 1 heterocycles. The average molecular weight is 286 g/mol. The van der Waals surface area contributed by atoms with Crippen molar-refractivity contribution in [3.8, 4) is 16.7 Å². The summed E-state index contributed by atoms with van der Waals surface area (Å²) in [5.41, 5.74) is 0.945. The van der Waals surface area contributed by atoms with E-state index >= 15 is 0 Å². The molecule has 0 bridgehead atoms. The number of aromatic hydroxyl groups is 1. The van der Waals surface area contributed by atoms with Gasteiger partial charge in [0.25, 0.3) is 5.19 Å². The van der Waals surface area contributed by atoms with Gasteiger partial charge in [-0.1, -0.05) is 11.3 Å². The van der Waals surface area contributed by atoms with Crippen LogP contribution in [0.25, 0.3) is 0 Å². The summed E-state index contributed by atoms with van der Waals surface area (Å²) >= 11 is 4.70. The highest BCUT2D eigenvalue weighted by Crippen LogP contribution is 2.31. The molecule has 2 aromatic rings. The van der Waals surface area contributed by atoms with E-state index in [0.717, 1.165) is 9.35 Å². The van der Waals surface area contributed by atoms with Crippen molar-refractivity contribution in [1.29, 1.82) is 0 Å². The van der Waals surface area contributed by atoms with Crippen LogP contribution in [0.5, 0.6) is 16.7 Å². The van der Waals surface area contributed by atoms with Crippen molar-refractivity contribution in [2.24, 2.45) is 0 Å². The van der Waals surface area contributed by atoms with Gasteiger partial charge in [-0.15, -0.1) is 0 Å². The molecular weight excluding hydrogens is 278 g/mol. The van der Waals surface area contributed by atoms with Crippen molar-refractivity contribution in [3.05, 3.63) is 33.7 Å². The molecule has 1 aromatic carbocycles. The van der Waals surface area contributed by atoms with E-state index < -0.39 is 0 Å². The van der Waals surface area contributed by atoms with E-state index in [-0.39, 0.29) is 5.75 Å². The number of aryl methyl sites for hydroxylation is 1. The van der Waals surface area contributed by atoms with Gasteiger partial charge in [0.15, 0.2) is 0 Å². The molecule has 0 aliphatic carbocycles. The Morgan fingerprint density at radius 2 is 2.20 bits per heavy atom. The summed E-state index contributed by atoms with van der Waals surface area (Å²) in [6.07, 6.45) is 1.68. The maximum Gasteiger partial charge on any atom is 0.279 e. The molecule has 15 heavy (non-hydrogen) atoms. The zero-order valence-electron chi connectivity index (χ0n) is 7.90. The monoisotopic (exact) mass is 285 g/mol.